The van der Waals surface area contributed by atoms with Crippen molar-refractivity contribution in [2.24, 2.45) is 0 Å². The molecule has 0 radical (unpaired) electrons. The molecule has 2 nitrogen and oxygen atoms in total. The number of aromatic nitrogens is 1. The molecule has 46 valence electrons. The van der Waals surface area contributed by atoms with Crippen LogP contribution < -0.4 is 5.73 Å². The number of anilines is 1. The summed E-state index contributed by atoms with van der Waals surface area (Å²) in [5.41, 5.74) is 7.35. The van der Waals surface area contributed by atoms with Crippen molar-refractivity contribution in [1.82, 2.24) is 4.98 Å². The summed E-state index contributed by atoms with van der Waals surface area (Å²) < 4.78 is 1.19. The molecule has 0 saturated heterocycles. The van der Waals surface area contributed by atoms with Gasteiger partial charge in [-0.15, -0.1) is 11.3 Å². The molecule has 0 spiro atoms. The molecular formula is C5H4N2S2. The molecule has 2 N–H and O–H groups in total. The van der Waals surface area contributed by atoms with Crippen molar-refractivity contribution < 1.29 is 0 Å². The zero-order chi connectivity index (χ0) is 6.27. The van der Waals surface area contributed by atoms with E-state index in [9.17, 15) is 0 Å². The third kappa shape index (κ3) is 0.710. The van der Waals surface area contributed by atoms with E-state index >= 15 is 0 Å². The van der Waals surface area contributed by atoms with Gasteiger partial charge >= 0.3 is 0 Å². The molecule has 0 fully saturated rings. The summed E-state index contributed by atoms with van der Waals surface area (Å²) >= 11 is 3.16. The van der Waals surface area contributed by atoms with E-state index in [4.69, 9.17) is 5.73 Å². The Hall–Kier alpha value is -0.610. The van der Waals surface area contributed by atoms with Gasteiger partial charge in [-0.25, -0.2) is 4.98 Å². The highest BCUT2D eigenvalue weighted by Crippen LogP contribution is 2.28. The number of thiophene rings is 1. The van der Waals surface area contributed by atoms with Gasteiger partial charge in [-0.1, -0.05) is 11.3 Å². The lowest BCUT2D eigenvalue weighted by Gasteiger charge is -1.71. The number of hydrogen-bond acceptors (Lipinski definition) is 4. The second-order valence-corrected chi connectivity index (χ2v) is 3.62. The Bertz CT molecular complexity index is 294. The first-order valence-corrected chi connectivity index (χ1v) is 4.14. The molecule has 2 aromatic rings. The summed E-state index contributed by atoms with van der Waals surface area (Å²) in [4.78, 5) is 5.15. The highest BCUT2D eigenvalue weighted by atomic mass is 32.1. The van der Waals surface area contributed by atoms with Crippen molar-refractivity contribution in [3.05, 3.63) is 11.6 Å². The van der Waals surface area contributed by atoms with Gasteiger partial charge in [0.05, 0.1) is 15.2 Å². The molecule has 4 heteroatoms. The van der Waals surface area contributed by atoms with Crippen molar-refractivity contribution in [3.63, 3.8) is 0 Å². The van der Waals surface area contributed by atoms with Crippen LogP contribution >= 0.6 is 22.7 Å². The minimum absolute atomic E-state index is 0.851. The van der Waals surface area contributed by atoms with Gasteiger partial charge in [-0.2, -0.15) is 0 Å². The standard InChI is InChI=1S/C5H4N2S2/c6-4-1-3-5(9-4)7-2-8-3/h1-2H,6H2. The Labute approximate surface area is 60.0 Å². The van der Waals surface area contributed by atoms with E-state index in [-0.39, 0.29) is 0 Å². The van der Waals surface area contributed by atoms with Gasteiger partial charge in [0.25, 0.3) is 0 Å². The summed E-state index contributed by atoms with van der Waals surface area (Å²) in [5.74, 6) is 0. The monoisotopic (exact) mass is 156 g/mol. The first-order valence-electron chi connectivity index (χ1n) is 2.45. The normalized spacial score (nSPS) is 10.7. The highest BCUT2D eigenvalue weighted by molar-refractivity contribution is 7.28. The molecule has 0 aliphatic heterocycles. The van der Waals surface area contributed by atoms with Crippen LogP contribution in [-0.4, -0.2) is 4.98 Å². The molecule has 0 unspecified atom stereocenters. The quantitative estimate of drug-likeness (QED) is 0.633. The van der Waals surface area contributed by atoms with Gasteiger partial charge < -0.3 is 5.73 Å². The fourth-order valence-corrected chi connectivity index (χ4v) is 2.38. The molecule has 2 aromatic heterocycles. The molecule has 2 heterocycles. The van der Waals surface area contributed by atoms with Crippen molar-refractivity contribution in [1.29, 1.82) is 0 Å². The molecular weight excluding hydrogens is 152 g/mol. The van der Waals surface area contributed by atoms with E-state index in [0.29, 0.717) is 0 Å². The lowest BCUT2D eigenvalue weighted by atomic mass is 10.6. The minimum atomic E-state index is 0.851. The molecule has 0 aliphatic carbocycles. The summed E-state index contributed by atoms with van der Waals surface area (Å²) in [6.45, 7) is 0. The van der Waals surface area contributed by atoms with Crippen LogP contribution in [0.4, 0.5) is 5.00 Å². The zero-order valence-corrected chi connectivity index (χ0v) is 6.13. The third-order valence-corrected chi connectivity index (χ3v) is 2.83. The summed E-state index contributed by atoms with van der Waals surface area (Å²) in [7, 11) is 0. The fourth-order valence-electron chi connectivity index (χ4n) is 0.688. The molecule has 0 saturated carbocycles. The molecule has 0 aliphatic rings. The molecule has 0 aromatic carbocycles. The Morgan fingerprint density at radius 1 is 1.56 bits per heavy atom. The van der Waals surface area contributed by atoms with Gasteiger partial charge in [-0.3, -0.25) is 0 Å². The van der Waals surface area contributed by atoms with E-state index < -0.39 is 0 Å². The van der Waals surface area contributed by atoms with Gasteiger partial charge in [0, 0.05) is 0 Å². The molecule has 0 atom stereocenters. The maximum atomic E-state index is 5.52. The topological polar surface area (TPSA) is 38.9 Å². The van der Waals surface area contributed by atoms with E-state index in [1.807, 2.05) is 11.6 Å². The van der Waals surface area contributed by atoms with Gasteiger partial charge in [-0.05, 0) is 6.07 Å². The first kappa shape index (κ1) is 5.20. The van der Waals surface area contributed by atoms with Crippen LogP contribution in [0.25, 0.3) is 9.53 Å². The SMILES string of the molecule is Nc1cc2scnc2s1. The van der Waals surface area contributed by atoms with Crippen molar-refractivity contribution in [2.45, 2.75) is 0 Å². The van der Waals surface area contributed by atoms with Crippen LogP contribution in [0.3, 0.4) is 0 Å². The number of thiazole rings is 1. The smallest absolute Gasteiger partial charge is 0.136 e. The largest absolute Gasteiger partial charge is 0.390 e. The second-order valence-electron chi connectivity index (χ2n) is 1.67. The number of fused-ring (bicyclic) bond motifs is 1. The maximum absolute atomic E-state index is 5.52. The van der Waals surface area contributed by atoms with Gasteiger partial charge in [0.15, 0.2) is 0 Å². The van der Waals surface area contributed by atoms with Crippen LogP contribution in [0.2, 0.25) is 0 Å². The minimum Gasteiger partial charge on any atom is -0.390 e. The van der Waals surface area contributed by atoms with Gasteiger partial charge in [0.1, 0.15) is 4.83 Å². The van der Waals surface area contributed by atoms with Crippen LogP contribution in [0.5, 0.6) is 0 Å². The second kappa shape index (κ2) is 1.68. The van der Waals surface area contributed by atoms with E-state index in [2.05, 4.69) is 4.98 Å². The third-order valence-electron chi connectivity index (χ3n) is 1.05. The van der Waals surface area contributed by atoms with Crippen LogP contribution in [0, 0.1) is 0 Å². The maximum Gasteiger partial charge on any atom is 0.136 e. The van der Waals surface area contributed by atoms with Crippen molar-refractivity contribution in [2.75, 3.05) is 5.73 Å². The Morgan fingerprint density at radius 3 is 3.22 bits per heavy atom. The van der Waals surface area contributed by atoms with Crippen LogP contribution in [0.1, 0.15) is 0 Å². The summed E-state index contributed by atoms with van der Waals surface area (Å²) in [5, 5.41) is 0.851. The molecule has 2 rings (SSSR count). The summed E-state index contributed by atoms with van der Waals surface area (Å²) in [6.07, 6.45) is 0. The Kier molecular flexibility index (Phi) is 0.972. The summed E-state index contributed by atoms with van der Waals surface area (Å²) in [6, 6.07) is 1.96. The predicted molar refractivity (Wildman–Crippen MR) is 41.9 cm³/mol. The van der Waals surface area contributed by atoms with Gasteiger partial charge in [0.2, 0.25) is 0 Å². The Balaban J connectivity index is 2.92. The fraction of sp³-hybridized carbons (Fsp3) is 0. The van der Waals surface area contributed by atoms with E-state index in [0.717, 1.165) is 9.83 Å². The first-order chi connectivity index (χ1) is 4.36. The molecule has 0 amide bonds. The zero-order valence-electron chi connectivity index (χ0n) is 4.50. The number of nitrogens with zero attached hydrogens (tertiary/aromatic N) is 1. The number of hydrogen-bond donors (Lipinski definition) is 1. The Morgan fingerprint density at radius 2 is 2.44 bits per heavy atom. The predicted octanol–water partition coefficient (Wildman–Crippen LogP) is 1.94. The lowest BCUT2D eigenvalue weighted by molar-refractivity contribution is 1.54. The van der Waals surface area contributed by atoms with E-state index in [1.165, 1.54) is 16.0 Å². The number of rotatable bonds is 0. The molecule has 0 bridgehead atoms. The van der Waals surface area contributed by atoms with Crippen molar-refractivity contribution >= 4 is 37.2 Å². The average molecular weight is 156 g/mol. The van der Waals surface area contributed by atoms with Crippen molar-refractivity contribution in [3.8, 4) is 0 Å². The van der Waals surface area contributed by atoms with Crippen LogP contribution in [0.15, 0.2) is 11.6 Å². The highest BCUT2D eigenvalue weighted by Gasteiger charge is 1.98. The number of nitrogens with two attached hydrogens (primary N) is 1. The average Bonchev–Trinajstić information content (AvgIpc) is 2.22. The van der Waals surface area contributed by atoms with Crippen LogP contribution in [-0.2, 0) is 0 Å². The number of nitrogen functional groups attached to an aromatic ring is 1. The van der Waals surface area contributed by atoms with E-state index in [1.54, 1.807) is 11.3 Å². The lowest BCUT2D eigenvalue weighted by Crippen LogP contribution is -1.72. The molecule has 9 heavy (non-hydrogen) atoms.